The molecule has 1 unspecified atom stereocenters. The summed E-state index contributed by atoms with van der Waals surface area (Å²) in [7, 11) is 0. The lowest BCUT2D eigenvalue weighted by Crippen LogP contribution is -2.11. The fourth-order valence-electron chi connectivity index (χ4n) is 1.17. The van der Waals surface area contributed by atoms with Crippen LogP contribution < -0.4 is 5.73 Å². The first-order chi connectivity index (χ1) is 6.65. The Labute approximate surface area is 81.7 Å². The molecule has 0 saturated heterocycles. The summed E-state index contributed by atoms with van der Waals surface area (Å²) < 4.78 is 30.9. The molecule has 0 radical (unpaired) electrons. The highest BCUT2D eigenvalue weighted by Crippen LogP contribution is 2.20. The topological polar surface area (TPSA) is 35.2 Å². The highest BCUT2D eigenvalue weighted by atomic mass is 19.1. The number of halogens is 2. The fourth-order valence-corrected chi connectivity index (χ4v) is 1.17. The summed E-state index contributed by atoms with van der Waals surface area (Å²) >= 11 is 0. The second kappa shape index (κ2) is 5.02. The summed E-state index contributed by atoms with van der Waals surface area (Å²) in [5.41, 5.74) is 5.59. The Hall–Kier alpha value is -1.00. The molecule has 0 aromatic heterocycles. The minimum absolute atomic E-state index is 0.347. The first-order valence-corrected chi connectivity index (χ1v) is 4.41. The zero-order chi connectivity index (χ0) is 10.6. The van der Waals surface area contributed by atoms with Crippen LogP contribution in [0.25, 0.3) is 0 Å². The van der Waals surface area contributed by atoms with E-state index in [1.807, 2.05) is 0 Å². The molecule has 0 fully saturated rings. The van der Waals surface area contributed by atoms with Crippen LogP contribution in [-0.2, 0) is 4.74 Å². The summed E-state index contributed by atoms with van der Waals surface area (Å²) in [5.74, 6) is -1.17. The number of hydrogen-bond donors (Lipinski definition) is 1. The maximum atomic E-state index is 13.2. The van der Waals surface area contributed by atoms with Crippen LogP contribution in [0.3, 0.4) is 0 Å². The predicted molar refractivity (Wildman–Crippen MR) is 49.8 cm³/mol. The van der Waals surface area contributed by atoms with Gasteiger partial charge < -0.3 is 10.5 Å². The van der Waals surface area contributed by atoms with E-state index in [1.165, 1.54) is 12.1 Å². The van der Waals surface area contributed by atoms with Gasteiger partial charge in [-0.15, -0.1) is 0 Å². The molecule has 78 valence electrons. The van der Waals surface area contributed by atoms with Crippen LogP contribution in [-0.4, -0.2) is 13.2 Å². The number of nitrogens with two attached hydrogens (primary N) is 1. The van der Waals surface area contributed by atoms with Gasteiger partial charge in [0, 0.05) is 18.2 Å². The van der Waals surface area contributed by atoms with Crippen molar-refractivity contribution in [2.24, 2.45) is 5.73 Å². The van der Waals surface area contributed by atoms with Crippen molar-refractivity contribution in [1.29, 1.82) is 0 Å². The average Bonchev–Trinajstić information content (AvgIpc) is 2.14. The molecule has 2 N–H and O–H groups in total. The molecule has 1 rings (SSSR count). The summed E-state index contributed by atoms with van der Waals surface area (Å²) in [6.45, 7) is 2.44. The number of rotatable bonds is 4. The van der Waals surface area contributed by atoms with Gasteiger partial charge in [-0.3, -0.25) is 0 Å². The Morgan fingerprint density at radius 3 is 2.71 bits per heavy atom. The fraction of sp³-hybridized carbons (Fsp3) is 0.400. The molecule has 1 aromatic carbocycles. The van der Waals surface area contributed by atoms with E-state index in [2.05, 4.69) is 0 Å². The van der Waals surface area contributed by atoms with E-state index in [0.29, 0.717) is 18.7 Å². The predicted octanol–water partition coefficient (Wildman–Crippen LogP) is 2.00. The van der Waals surface area contributed by atoms with Gasteiger partial charge in [0.25, 0.3) is 0 Å². The quantitative estimate of drug-likeness (QED) is 0.808. The van der Waals surface area contributed by atoms with Crippen LogP contribution in [0, 0.1) is 11.6 Å². The number of hydrogen-bond acceptors (Lipinski definition) is 2. The van der Waals surface area contributed by atoms with Crippen molar-refractivity contribution in [1.82, 2.24) is 0 Å². The van der Waals surface area contributed by atoms with E-state index >= 15 is 0 Å². The Morgan fingerprint density at radius 1 is 1.43 bits per heavy atom. The first kappa shape index (κ1) is 11.1. The maximum Gasteiger partial charge on any atom is 0.131 e. The van der Waals surface area contributed by atoms with Crippen LogP contribution in [0.1, 0.15) is 18.6 Å². The smallest absolute Gasteiger partial charge is 0.131 e. The van der Waals surface area contributed by atoms with Crippen molar-refractivity contribution >= 4 is 0 Å². The molecule has 14 heavy (non-hydrogen) atoms. The SMILES string of the molecule is CC(OCCN)c1ccc(F)cc1F. The van der Waals surface area contributed by atoms with Crippen molar-refractivity contribution < 1.29 is 13.5 Å². The van der Waals surface area contributed by atoms with Gasteiger partial charge in [0.1, 0.15) is 11.6 Å². The lowest BCUT2D eigenvalue weighted by atomic mass is 10.1. The van der Waals surface area contributed by atoms with Crippen LogP contribution in [0.2, 0.25) is 0 Å². The highest BCUT2D eigenvalue weighted by molar-refractivity contribution is 5.20. The van der Waals surface area contributed by atoms with Crippen molar-refractivity contribution in [3.63, 3.8) is 0 Å². The Kier molecular flexibility index (Phi) is 3.98. The molecule has 0 heterocycles. The van der Waals surface area contributed by atoms with Gasteiger partial charge in [-0.1, -0.05) is 6.07 Å². The van der Waals surface area contributed by atoms with Gasteiger partial charge >= 0.3 is 0 Å². The molecule has 0 amide bonds. The molecule has 1 aromatic rings. The minimum Gasteiger partial charge on any atom is -0.372 e. The van der Waals surface area contributed by atoms with Crippen LogP contribution in [0.5, 0.6) is 0 Å². The minimum atomic E-state index is -0.588. The second-order valence-corrected chi connectivity index (χ2v) is 2.97. The monoisotopic (exact) mass is 201 g/mol. The Morgan fingerprint density at radius 2 is 2.14 bits per heavy atom. The van der Waals surface area contributed by atoms with Gasteiger partial charge in [-0.25, -0.2) is 8.78 Å². The van der Waals surface area contributed by atoms with E-state index in [9.17, 15) is 8.78 Å². The number of benzene rings is 1. The molecule has 0 aliphatic carbocycles. The Bertz CT molecular complexity index is 304. The largest absolute Gasteiger partial charge is 0.372 e. The van der Waals surface area contributed by atoms with Gasteiger partial charge in [0.2, 0.25) is 0 Å². The molecular formula is C10H13F2NO. The van der Waals surface area contributed by atoms with Crippen LogP contribution >= 0.6 is 0 Å². The molecule has 0 spiro atoms. The van der Waals surface area contributed by atoms with Gasteiger partial charge in [0.15, 0.2) is 0 Å². The summed E-state index contributed by atoms with van der Waals surface area (Å²) in [4.78, 5) is 0. The van der Waals surface area contributed by atoms with Gasteiger partial charge in [0.05, 0.1) is 12.7 Å². The van der Waals surface area contributed by atoms with E-state index in [-0.39, 0.29) is 0 Å². The Balaban J connectivity index is 2.74. The average molecular weight is 201 g/mol. The maximum absolute atomic E-state index is 13.2. The van der Waals surface area contributed by atoms with Crippen molar-refractivity contribution in [3.05, 3.63) is 35.4 Å². The molecule has 1 atom stereocenters. The third kappa shape index (κ3) is 2.75. The zero-order valence-corrected chi connectivity index (χ0v) is 7.97. The van der Waals surface area contributed by atoms with Crippen molar-refractivity contribution in [2.45, 2.75) is 13.0 Å². The highest BCUT2D eigenvalue weighted by Gasteiger charge is 2.11. The standard InChI is InChI=1S/C10H13F2NO/c1-7(14-5-4-13)9-3-2-8(11)6-10(9)12/h2-3,6-7H,4-5,13H2,1H3. The molecule has 4 heteroatoms. The van der Waals surface area contributed by atoms with Crippen LogP contribution in [0.4, 0.5) is 8.78 Å². The van der Waals surface area contributed by atoms with E-state index in [4.69, 9.17) is 10.5 Å². The summed E-state index contributed by atoms with van der Waals surface area (Å²) in [6.07, 6.45) is -0.404. The summed E-state index contributed by atoms with van der Waals surface area (Å²) in [6, 6.07) is 3.43. The third-order valence-electron chi connectivity index (χ3n) is 1.89. The van der Waals surface area contributed by atoms with E-state index < -0.39 is 17.7 Å². The van der Waals surface area contributed by atoms with E-state index in [0.717, 1.165) is 6.07 Å². The van der Waals surface area contributed by atoms with Gasteiger partial charge in [-0.2, -0.15) is 0 Å². The summed E-state index contributed by atoms with van der Waals surface area (Å²) in [5, 5.41) is 0. The molecule has 0 bridgehead atoms. The lowest BCUT2D eigenvalue weighted by Gasteiger charge is -2.13. The van der Waals surface area contributed by atoms with Crippen LogP contribution in [0.15, 0.2) is 18.2 Å². The molecule has 0 saturated carbocycles. The normalized spacial score (nSPS) is 12.9. The van der Waals surface area contributed by atoms with Gasteiger partial charge in [-0.05, 0) is 13.0 Å². The van der Waals surface area contributed by atoms with Crippen molar-refractivity contribution in [2.75, 3.05) is 13.2 Å². The lowest BCUT2D eigenvalue weighted by molar-refractivity contribution is 0.0692. The van der Waals surface area contributed by atoms with E-state index in [1.54, 1.807) is 6.92 Å². The molecule has 2 nitrogen and oxygen atoms in total. The zero-order valence-electron chi connectivity index (χ0n) is 7.97. The molecule has 0 aliphatic heterocycles. The van der Waals surface area contributed by atoms with Crippen molar-refractivity contribution in [3.8, 4) is 0 Å². The third-order valence-corrected chi connectivity index (χ3v) is 1.89. The molecule has 0 aliphatic rings. The molecular weight excluding hydrogens is 188 g/mol. The number of ether oxygens (including phenoxy) is 1. The first-order valence-electron chi connectivity index (χ1n) is 4.41. The second-order valence-electron chi connectivity index (χ2n) is 2.97.